The summed E-state index contributed by atoms with van der Waals surface area (Å²) in [5.74, 6) is -0.703. The van der Waals surface area contributed by atoms with Gasteiger partial charge in [-0.1, -0.05) is 0 Å². The zero-order valence-electron chi connectivity index (χ0n) is 19.9. The molecule has 1 aromatic heterocycles. The van der Waals surface area contributed by atoms with Crippen molar-refractivity contribution < 1.29 is 19.1 Å². The number of aromatic amines is 1. The fourth-order valence-electron chi connectivity index (χ4n) is 4.01. The molecule has 0 unspecified atom stereocenters. The highest BCUT2D eigenvalue weighted by Crippen LogP contribution is 2.19. The van der Waals surface area contributed by atoms with E-state index < -0.39 is 0 Å². The molecule has 37 heavy (non-hydrogen) atoms. The van der Waals surface area contributed by atoms with Gasteiger partial charge in [-0.05, 0) is 78.9 Å². The van der Waals surface area contributed by atoms with Crippen molar-refractivity contribution in [3.8, 4) is 0 Å². The van der Waals surface area contributed by atoms with Gasteiger partial charge in [-0.25, -0.2) is 0 Å². The molecule has 1 fully saturated rings. The average molecular weight is 496 g/mol. The first-order valence-electron chi connectivity index (χ1n) is 11.9. The van der Waals surface area contributed by atoms with Crippen molar-refractivity contribution in [3.05, 3.63) is 107 Å². The molecule has 0 aliphatic carbocycles. The Hall–Kier alpha value is -4.76. The van der Waals surface area contributed by atoms with Gasteiger partial charge in [0, 0.05) is 53.0 Å². The van der Waals surface area contributed by atoms with E-state index in [0.29, 0.717) is 47.0 Å². The minimum absolute atomic E-state index is 0.164. The Morgan fingerprint density at radius 1 is 0.703 bits per heavy atom. The van der Waals surface area contributed by atoms with E-state index in [1.165, 1.54) is 6.20 Å². The van der Waals surface area contributed by atoms with Gasteiger partial charge in [-0.2, -0.15) is 5.10 Å². The Balaban J connectivity index is 1.18. The van der Waals surface area contributed by atoms with Gasteiger partial charge in [-0.15, -0.1) is 0 Å². The van der Waals surface area contributed by atoms with Crippen LogP contribution >= 0.6 is 0 Å². The van der Waals surface area contributed by atoms with Crippen molar-refractivity contribution in [3.63, 3.8) is 0 Å². The summed E-state index contributed by atoms with van der Waals surface area (Å²) in [7, 11) is 0. The minimum atomic E-state index is -0.317. The van der Waals surface area contributed by atoms with Crippen LogP contribution < -0.4 is 15.5 Å². The molecule has 0 radical (unpaired) electrons. The van der Waals surface area contributed by atoms with Crippen LogP contribution in [0.25, 0.3) is 0 Å². The monoisotopic (exact) mass is 495 g/mol. The van der Waals surface area contributed by atoms with Crippen LogP contribution in [0.2, 0.25) is 0 Å². The number of carbonyl (C=O) groups is 3. The topological polar surface area (TPSA) is 116 Å². The Labute approximate surface area is 213 Å². The second-order valence-corrected chi connectivity index (χ2v) is 8.51. The summed E-state index contributed by atoms with van der Waals surface area (Å²) in [5.41, 5.74) is 4.09. The lowest BCUT2D eigenvalue weighted by atomic mass is 10.0. The van der Waals surface area contributed by atoms with E-state index in [4.69, 9.17) is 4.74 Å². The summed E-state index contributed by atoms with van der Waals surface area (Å²) in [4.78, 5) is 39.9. The number of amides is 2. The zero-order chi connectivity index (χ0) is 25.6. The molecule has 0 spiro atoms. The van der Waals surface area contributed by atoms with Crippen LogP contribution in [-0.2, 0) is 4.74 Å². The Bertz CT molecular complexity index is 1380. The summed E-state index contributed by atoms with van der Waals surface area (Å²) >= 11 is 0. The standard InChI is InChI=1S/C28H25N5O4/c34-26(20-3-9-23(10-4-20)31-28(36)25-13-14-29-32-25)19-1-7-22(8-2-19)30-27(35)21-5-11-24(12-6-21)33-15-17-37-18-16-33/h1-14H,15-18H2,(H,29,32)(H,30,35)(H,31,36). The van der Waals surface area contributed by atoms with Gasteiger partial charge < -0.3 is 20.3 Å². The van der Waals surface area contributed by atoms with E-state index in [1.54, 1.807) is 66.7 Å². The second-order valence-electron chi connectivity index (χ2n) is 8.51. The number of aromatic nitrogens is 2. The van der Waals surface area contributed by atoms with Crippen molar-refractivity contribution in [2.24, 2.45) is 0 Å². The van der Waals surface area contributed by atoms with Crippen molar-refractivity contribution in [2.75, 3.05) is 41.8 Å². The SMILES string of the molecule is O=C(Nc1ccc(C(=O)c2ccc(NC(=O)c3ccn[nH]3)cc2)cc1)c1ccc(N2CCOCC2)cc1. The largest absolute Gasteiger partial charge is 0.378 e. The summed E-state index contributed by atoms with van der Waals surface area (Å²) < 4.78 is 5.38. The van der Waals surface area contributed by atoms with Crippen molar-refractivity contribution >= 4 is 34.7 Å². The number of benzene rings is 3. The third-order valence-electron chi connectivity index (χ3n) is 6.06. The molecule has 1 aliphatic heterocycles. The molecule has 5 rings (SSSR count). The first kappa shape index (κ1) is 24.0. The number of morpholine rings is 1. The molecule has 2 heterocycles. The molecule has 1 aliphatic rings. The Morgan fingerprint density at radius 3 is 1.78 bits per heavy atom. The Kier molecular flexibility index (Phi) is 7.05. The summed E-state index contributed by atoms with van der Waals surface area (Å²) in [5, 5.41) is 12.0. The summed E-state index contributed by atoms with van der Waals surface area (Å²) in [6, 6.07) is 22.5. The molecule has 0 atom stereocenters. The van der Waals surface area contributed by atoms with Gasteiger partial charge in [-0.3, -0.25) is 19.5 Å². The molecule has 0 saturated carbocycles. The maximum absolute atomic E-state index is 12.9. The molecule has 4 aromatic rings. The number of ether oxygens (including phenoxy) is 1. The van der Waals surface area contributed by atoms with Gasteiger partial charge in [0.15, 0.2) is 5.78 Å². The third-order valence-corrected chi connectivity index (χ3v) is 6.06. The number of nitrogens with one attached hydrogen (secondary N) is 3. The first-order valence-corrected chi connectivity index (χ1v) is 11.9. The summed E-state index contributed by atoms with van der Waals surface area (Å²) in [6.45, 7) is 3.08. The molecule has 9 nitrogen and oxygen atoms in total. The van der Waals surface area contributed by atoms with Crippen LogP contribution in [0, 0.1) is 0 Å². The number of ketones is 1. The molecule has 186 valence electrons. The van der Waals surface area contributed by atoms with Gasteiger partial charge in [0.1, 0.15) is 5.69 Å². The van der Waals surface area contributed by atoms with Gasteiger partial charge in [0.05, 0.1) is 13.2 Å². The lowest BCUT2D eigenvalue weighted by Crippen LogP contribution is -2.36. The van der Waals surface area contributed by atoms with Crippen LogP contribution in [0.4, 0.5) is 17.1 Å². The van der Waals surface area contributed by atoms with E-state index in [0.717, 1.165) is 18.8 Å². The molecule has 3 aromatic carbocycles. The van der Waals surface area contributed by atoms with E-state index in [-0.39, 0.29) is 17.6 Å². The molecule has 0 bridgehead atoms. The molecular formula is C28H25N5O4. The average Bonchev–Trinajstić information content (AvgIpc) is 3.50. The molecule has 2 amide bonds. The van der Waals surface area contributed by atoms with E-state index in [2.05, 4.69) is 25.7 Å². The molecule has 9 heteroatoms. The highest BCUT2D eigenvalue weighted by molar-refractivity contribution is 6.10. The highest BCUT2D eigenvalue weighted by atomic mass is 16.5. The third kappa shape index (κ3) is 5.74. The smallest absolute Gasteiger partial charge is 0.273 e. The van der Waals surface area contributed by atoms with Crippen LogP contribution in [0.1, 0.15) is 36.8 Å². The van der Waals surface area contributed by atoms with Crippen molar-refractivity contribution in [1.82, 2.24) is 10.2 Å². The van der Waals surface area contributed by atoms with Crippen LogP contribution in [0.5, 0.6) is 0 Å². The number of H-pyrrole nitrogens is 1. The first-order chi connectivity index (χ1) is 18.1. The van der Waals surface area contributed by atoms with Crippen molar-refractivity contribution in [2.45, 2.75) is 0 Å². The van der Waals surface area contributed by atoms with Crippen LogP contribution in [-0.4, -0.2) is 54.1 Å². The van der Waals surface area contributed by atoms with Crippen LogP contribution in [0.15, 0.2) is 85.1 Å². The number of rotatable bonds is 7. The lowest BCUT2D eigenvalue weighted by Gasteiger charge is -2.28. The molecular weight excluding hydrogens is 470 g/mol. The number of nitrogens with zero attached hydrogens (tertiary/aromatic N) is 2. The van der Waals surface area contributed by atoms with E-state index in [9.17, 15) is 14.4 Å². The predicted molar refractivity (Wildman–Crippen MR) is 140 cm³/mol. The maximum Gasteiger partial charge on any atom is 0.273 e. The molecule has 3 N–H and O–H groups in total. The lowest BCUT2D eigenvalue weighted by molar-refractivity contribution is 0.101. The number of hydrogen-bond acceptors (Lipinski definition) is 6. The fraction of sp³-hybridized carbons (Fsp3) is 0.143. The van der Waals surface area contributed by atoms with Gasteiger partial charge in [0.2, 0.25) is 0 Å². The normalized spacial score (nSPS) is 13.1. The highest BCUT2D eigenvalue weighted by Gasteiger charge is 2.14. The van der Waals surface area contributed by atoms with Gasteiger partial charge in [0.25, 0.3) is 11.8 Å². The van der Waals surface area contributed by atoms with E-state index in [1.807, 2.05) is 12.1 Å². The molecule has 1 saturated heterocycles. The Morgan fingerprint density at radius 2 is 1.24 bits per heavy atom. The van der Waals surface area contributed by atoms with Gasteiger partial charge >= 0.3 is 0 Å². The fourth-order valence-corrected chi connectivity index (χ4v) is 4.01. The quantitative estimate of drug-likeness (QED) is 0.334. The zero-order valence-corrected chi connectivity index (χ0v) is 19.9. The van der Waals surface area contributed by atoms with E-state index >= 15 is 0 Å². The minimum Gasteiger partial charge on any atom is -0.378 e. The van der Waals surface area contributed by atoms with Crippen LogP contribution in [0.3, 0.4) is 0 Å². The maximum atomic E-state index is 12.9. The number of carbonyl (C=O) groups excluding carboxylic acids is 3. The summed E-state index contributed by atoms with van der Waals surface area (Å²) in [6.07, 6.45) is 1.50. The number of hydrogen-bond donors (Lipinski definition) is 3. The van der Waals surface area contributed by atoms with Crippen molar-refractivity contribution in [1.29, 1.82) is 0 Å². The second kappa shape index (κ2) is 10.9. The predicted octanol–water partition coefficient (Wildman–Crippen LogP) is 3.98. The number of anilines is 3.